The zero-order valence-corrected chi connectivity index (χ0v) is 13.7. The zero-order valence-electron chi connectivity index (χ0n) is 13.7. The van der Waals surface area contributed by atoms with Crippen LogP contribution >= 0.6 is 0 Å². The minimum Gasteiger partial charge on any atom is -0.495 e. The Kier molecular flexibility index (Phi) is 5.89. The first-order chi connectivity index (χ1) is 11.9. The summed E-state index contributed by atoms with van der Waals surface area (Å²) in [5.74, 6) is -1.79. The van der Waals surface area contributed by atoms with Crippen LogP contribution in [0.1, 0.15) is 6.92 Å². The number of nitrogens with one attached hydrogen (secondary N) is 3. The van der Waals surface area contributed by atoms with Crippen molar-refractivity contribution in [3.05, 3.63) is 48.0 Å². The van der Waals surface area contributed by atoms with E-state index in [0.717, 1.165) is 18.2 Å². The molecule has 0 aliphatic rings. The molecule has 2 aromatic rings. The van der Waals surface area contributed by atoms with E-state index in [-0.39, 0.29) is 18.1 Å². The molecule has 0 aliphatic carbocycles. The molecule has 0 heterocycles. The lowest BCUT2D eigenvalue weighted by Gasteiger charge is -2.13. The van der Waals surface area contributed by atoms with Crippen LogP contribution in [0.3, 0.4) is 0 Å². The maximum absolute atomic E-state index is 13.1. The van der Waals surface area contributed by atoms with E-state index in [1.165, 1.54) is 14.0 Å². The fraction of sp³-hybridized carbons (Fsp3) is 0.176. The molecule has 0 spiro atoms. The summed E-state index contributed by atoms with van der Waals surface area (Å²) < 4.78 is 31.4. The van der Waals surface area contributed by atoms with E-state index in [1.54, 1.807) is 18.2 Å². The molecule has 0 saturated carbocycles. The Hall–Kier alpha value is -3.16. The Labute approximate surface area is 143 Å². The Morgan fingerprint density at radius 2 is 1.68 bits per heavy atom. The van der Waals surface area contributed by atoms with Crippen LogP contribution in [0, 0.1) is 11.6 Å². The molecule has 0 atom stereocenters. The third kappa shape index (κ3) is 5.45. The van der Waals surface area contributed by atoms with Crippen LogP contribution in [0.25, 0.3) is 0 Å². The average Bonchev–Trinajstić information content (AvgIpc) is 2.52. The zero-order chi connectivity index (χ0) is 18.4. The van der Waals surface area contributed by atoms with Gasteiger partial charge in [-0.2, -0.15) is 0 Å². The largest absolute Gasteiger partial charge is 0.495 e. The first-order valence-electron chi connectivity index (χ1n) is 7.33. The molecule has 0 aliphatic heterocycles. The van der Waals surface area contributed by atoms with Gasteiger partial charge in [0.25, 0.3) is 0 Å². The van der Waals surface area contributed by atoms with E-state index in [2.05, 4.69) is 16.0 Å². The summed E-state index contributed by atoms with van der Waals surface area (Å²) in [6, 6.07) is 7.66. The number of rotatable bonds is 6. The van der Waals surface area contributed by atoms with Gasteiger partial charge in [-0.3, -0.25) is 9.59 Å². The number of hydrogen-bond acceptors (Lipinski definition) is 4. The normalized spacial score (nSPS) is 10.1. The van der Waals surface area contributed by atoms with Gasteiger partial charge in [0, 0.05) is 24.4 Å². The van der Waals surface area contributed by atoms with E-state index in [1.807, 2.05) is 0 Å². The van der Waals surface area contributed by atoms with Crippen molar-refractivity contribution in [2.24, 2.45) is 0 Å². The van der Waals surface area contributed by atoms with Crippen molar-refractivity contribution in [3.8, 4) is 5.75 Å². The number of hydrogen-bond donors (Lipinski definition) is 3. The Morgan fingerprint density at radius 3 is 2.28 bits per heavy atom. The average molecular weight is 349 g/mol. The number of halogens is 2. The molecule has 2 rings (SSSR count). The number of amides is 2. The molecular weight excluding hydrogens is 332 g/mol. The minimum atomic E-state index is -0.743. The van der Waals surface area contributed by atoms with Crippen molar-refractivity contribution in [2.45, 2.75) is 6.92 Å². The number of anilines is 3. The van der Waals surface area contributed by atoms with Gasteiger partial charge in [0.2, 0.25) is 11.8 Å². The molecule has 0 saturated heterocycles. The SMILES string of the molecule is COc1ccc(NC(C)=O)cc1NC(=O)CNc1cc(F)cc(F)c1. The van der Waals surface area contributed by atoms with Crippen molar-refractivity contribution in [1.29, 1.82) is 0 Å². The molecule has 6 nitrogen and oxygen atoms in total. The molecule has 132 valence electrons. The number of ether oxygens (including phenoxy) is 1. The van der Waals surface area contributed by atoms with E-state index in [9.17, 15) is 18.4 Å². The van der Waals surface area contributed by atoms with Crippen molar-refractivity contribution in [3.63, 3.8) is 0 Å². The lowest BCUT2D eigenvalue weighted by atomic mass is 10.2. The van der Waals surface area contributed by atoms with Crippen molar-refractivity contribution < 1.29 is 23.1 Å². The molecule has 2 amide bonds. The fourth-order valence-corrected chi connectivity index (χ4v) is 2.12. The number of carbonyl (C=O) groups is 2. The summed E-state index contributed by atoms with van der Waals surface area (Å²) in [6.45, 7) is 1.15. The Morgan fingerprint density at radius 1 is 1.00 bits per heavy atom. The van der Waals surface area contributed by atoms with E-state index in [4.69, 9.17) is 4.74 Å². The standard InChI is InChI=1S/C17H17F2N3O3/c1-10(23)21-13-3-4-16(25-2)15(8-13)22-17(24)9-20-14-6-11(18)5-12(19)7-14/h3-8,20H,9H2,1-2H3,(H,21,23)(H,22,24). The molecule has 0 bridgehead atoms. The highest BCUT2D eigenvalue weighted by Crippen LogP contribution is 2.27. The van der Waals surface area contributed by atoms with Crippen LogP contribution in [0.2, 0.25) is 0 Å². The van der Waals surface area contributed by atoms with Crippen molar-refractivity contribution in [1.82, 2.24) is 0 Å². The summed E-state index contributed by atoms with van der Waals surface area (Å²) in [5, 5.41) is 7.83. The highest BCUT2D eigenvalue weighted by molar-refractivity contribution is 5.96. The lowest BCUT2D eigenvalue weighted by Crippen LogP contribution is -2.22. The summed E-state index contributed by atoms with van der Waals surface area (Å²) >= 11 is 0. The monoisotopic (exact) mass is 349 g/mol. The van der Waals surface area contributed by atoms with Gasteiger partial charge in [0.05, 0.1) is 19.3 Å². The van der Waals surface area contributed by atoms with Gasteiger partial charge in [-0.15, -0.1) is 0 Å². The van der Waals surface area contributed by atoms with Gasteiger partial charge in [0.15, 0.2) is 0 Å². The predicted molar refractivity (Wildman–Crippen MR) is 90.8 cm³/mol. The fourth-order valence-electron chi connectivity index (χ4n) is 2.12. The Balaban J connectivity index is 2.04. The quantitative estimate of drug-likeness (QED) is 0.749. The molecule has 3 N–H and O–H groups in total. The van der Waals surface area contributed by atoms with Gasteiger partial charge < -0.3 is 20.7 Å². The van der Waals surface area contributed by atoms with Gasteiger partial charge >= 0.3 is 0 Å². The number of benzene rings is 2. The van der Waals surface area contributed by atoms with Gasteiger partial charge in [-0.25, -0.2) is 8.78 Å². The molecule has 0 unspecified atom stereocenters. The van der Waals surface area contributed by atoms with Crippen LogP contribution in [-0.4, -0.2) is 25.5 Å². The first-order valence-corrected chi connectivity index (χ1v) is 7.33. The van der Waals surface area contributed by atoms with E-state index < -0.39 is 17.5 Å². The molecule has 25 heavy (non-hydrogen) atoms. The lowest BCUT2D eigenvalue weighted by molar-refractivity contribution is -0.115. The predicted octanol–water partition coefficient (Wildman–Crippen LogP) is 2.98. The van der Waals surface area contributed by atoms with E-state index >= 15 is 0 Å². The second-order valence-corrected chi connectivity index (χ2v) is 5.16. The number of carbonyl (C=O) groups excluding carboxylic acids is 2. The number of methoxy groups -OCH3 is 1. The summed E-state index contributed by atoms with van der Waals surface area (Å²) in [5.41, 5.74) is 0.987. The van der Waals surface area contributed by atoms with Gasteiger partial charge in [-0.1, -0.05) is 0 Å². The molecule has 0 radical (unpaired) electrons. The maximum Gasteiger partial charge on any atom is 0.243 e. The maximum atomic E-state index is 13.1. The second-order valence-electron chi connectivity index (χ2n) is 5.16. The van der Waals surface area contributed by atoms with E-state index in [0.29, 0.717) is 17.1 Å². The summed E-state index contributed by atoms with van der Waals surface area (Å²) in [7, 11) is 1.44. The first kappa shape index (κ1) is 18.2. The van der Waals surface area contributed by atoms with Gasteiger partial charge in [0.1, 0.15) is 17.4 Å². The summed E-state index contributed by atoms with van der Waals surface area (Å²) in [6.07, 6.45) is 0. The third-order valence-electron chi connectivity index (χ3n) is 3.11. The molecule has 8 heteroatoms. The molecular formula is C17H17F2N3O3. The highest BCUT2D eigenvalue weighted by atomic mass is 19.1. The minimum absolute atomic E-state index is 0.145. The molecule has 0 aromatic heterocycles. The van der Waals surface area contributed by atoms with Crippen molar-refractivity contribution in [2.75, 3.05) is 29.6 Å². The summed E-state index contributed by atoms with van der Waals surface area (Å²) in [4.78, 5) is 23.2. The second kappa shape index (κ2) is 8.09. The van der Waals surface area contributed by atoms with Crippen LogP contribution < -0.4 is 20.7 Å². The Bertz CT molecular complexity index is 776. The third-order valence-corrected chi connectivity index (χ3v) is 3.11. The highest BCUT2D eigenvalue weighted by Gasteiger charge is 2.10. The van der Waals surface area contributed by atoms with Gasteiger partial charge in [-0.05, 0) is 30.3 Å². The molecule has 2 aromatic carbocycles. The van der Waals surface area contributed by atoms with Crippen LogP contribution in [0.4, 0.5) is 25.8 Å². The van der Waals surface area contributed by atoms with Crippen LogP contribution in [-0.2, 0) is 9.59 Å². The van der Waals surface area contributed by atoms with Crippen LogP contribution in [0.15, 0.2) is 36.4 Å². The van der Waals surface area contributed by atoms with Crippen LogP contribution in [0.5, 0.6) is 5.75 Å². The smallest absolute Gasteiger partial charge is 0.243 e. The topological polar surface area (TPSA) is 79.5 Å². The van der Waals surface area contributed by atoms with Crippen molar-refractivity contribution >= 4 is 28.9 Å². The molecule has 0 fully saturated rings.